The Morgan fingerprint density at radius 2 is 1.90 bits per heavy atom. The molecule has 1 aliphatic heterocycles. The fraction of sp³-hybridized carbons (Fsp3) is 0.409. The average molecular weight is 411 g/mol. The van der Waals surface area contributed by atoms with Gasteiger partial charge in [0.2, 0.25) is 5.95 Å². The molecule has 30 heavy (non-hydrogen) atoms. The first-order chi connectivity index (χ1) is 14.2. The van der Waals surface area contributed by atoms with E-state index in [1.54, 1.807) is 42.9 Å². The summed E-state index contributed by atoms with van der Waals surface area (Å²) in [6, 6.07) is 7.72. The number of halogens is 1. The van der Waals surface area contributed by atoms with E-state index >= 15 is 0 Å². The molecule has 2 aromatic heterocycles. The highest BCUT2D eigenvalue weighted by molar-refractivity contribution is 5.61. The quantitative estimate of drug-likeness (QED) is 0.652. The van der Waals surface area contributed by atoms with E-state index in [4.69, 9.17) is 0 Å². The van der Waals surface area contributed by atoms with Crippen molar-refractivity contribution in [3.8, 4) is 11.4 Å². The van der Waals surface area contributed by atoms with Crippen molar-refractivity contribution in [3.05, 3.63) is 63.8 Å². The lowest BCUT2D eigenvalue weighted by Crippen LogP contribution is -2.39. The number of aliphatic hydroxyl groups is 1. The summed E-state index contributed by atoms with van der Waals surface area (Å²) in [5, 5.41) is 13.3. The van der Waals surface area contributed by atoms with Gasteiger partial charge in [0.1, 0.15) is 5.82 Å². The third-order valence-electron chi connectivity index (χ3n) is 5.67. The minimum Gasteiger partial charge on any atom is -0.388 e. The lowest BCUT2D eigenvalue weighted by atomic mass is 10.0. The molecule has 1 atom stereocenters. The molecular formula is C22H26FN5O2. The van der Waals surface area contributed by atoms with E-state index in [1.165, 1.54) is 12.1 Å². The Balaban J connectivity index is 1.75. The van der Waals surface area contributed by atoms with Crippen LogP contribution in [0.5, 0.6) is 0 Å². The van der Waals surface area contributed by atoms with E-state index in [2.05, 4.69) is 15.3 Å². The first-order valence-electron chi connectivity index (χ1n) is 10.1. The molecule has 2 N–H and O–H groups in total. The third-order valence-corrected chi connectivity index (χ3v) is 5.67. The summed E-state index contributed by atoms with van der Waals surface area (Å²) in [5.74, 6) is 0.0865. The van der Waals surface area contributed by atoms with Crippen molar-refractivity contribution in [2.75, 3.05) is 5.32 Å². The second-order valence-electron chi connectivity index (χ2n) is 8.32. The molecule has 7 nitrogen and oxygen atoms in total. The minimum atomic E-state index is -0.943. The number of fused-ring (bicyclic) bond motifs is 1. The van der Waals surface area contributed by atoms with Gasteiger partial charge >= 0.3 is 0 Å². The minimum absolute atomic E-state index is 0.0372. The van der Waals surface area contributed by atoms with E-state index in [0.29, 0.717) is 30.2 Å². The molecule has 0 fully saturated rings. The van der Waals surface area contributed by atoms with Gasteiger partial charge in [0.15, 0.2) is 0 Å². The van der Waals surface area contributed by atoms with Crippen LogP contribution in [0.3, 0.4) is 0 Å². The van der Waals surface area contributed by atoms with Crippen LogP contribution >= 0.6 is 0 Å². The largest absolute Gasteiger partial charge is 0.388 e. The van der Waals surface area contributed by atoms with Gasteiger partial charge in [-0.3, -0.25) is 9.48 Å². The Bertz CT molecular complexity index is 1110. The lowest BCUT2D eigenvalue weighted by Gasteiger charge is -2.26. The SMILES string of the molecule is CC(Nc1nccc(-c2c(Cc3ccc(F)cc3)c(=O)n3n2CCC3)n1)C(C)(C)O. The van der Waals surface area contributed by atoms with Crippen LogP contribution in [0.2, 0.25) is 0 Å². The van der Waals surface area contributed by atoms with Crippen molar-refractivity contribution < 1.29 is 9.50 Å². The lowest BCUT2D eigenvalue weighted by molar-refractivity contribution is 0.0646. The van der Waals surface area contributed by atoms with Crippen LogP contribution < -0.4 is 10.9 Å². The van der Waals surface area contributed by atoms with Crippen LogP contribution in [0.4, 0.5) is 10.3 Å². The van der Waals surface area contributed by atoms with Crippen LogP contribution in [0, 0.1) is 5.82 Å². The fourth-order valence-electron chi connectivity index (χ4n) is 3.65. The summed E-state index contributed by atoms with van der Waals surface area (Å²) >= 11 is 0. The highest BCUT2D eigenvalue weighted by Crippen LogP contribution is 2.27. The number of aromatic nitrogens is 4. The number of hydrogen-bond donors (Lipinski definition) is 2. The average Bonchev–Trinajstić information content (AvgIpc) is 3.26. The van der Waals surface area contributed by atoms with Crippen LogP contribution in [0.25, 0.3) is 11.4 Å². The van der Waals surface area contributed by atoms with Crippen LogP contribution in [0.15, 0.2) is 41.3 Å². The molecule has 0 saturated heterocycles. The van der Waals surface area contributed by atoms with Crippen LogP contribution in [0.1, 0.15) is 38.3 Å². The Kier molecular flexibility index (Phi) is 5.19. The molecule has 4 rings (SSSR count). The molecule has 1 aliphatic rings. The summed E-state index contributed by atoms with van der Waals surface area (Å²) in [6.45, 7) is 6.70. The molecule has 1 aromatic carbocycles. The smallest absolute Gasteiger partial charge is 0.270 e. The molecule has 0 spiro atoms. The summed E-state index contributed by atoms with van der Waals surface area (Å²) in [4.78, 5) is 22.0. The first kappa shape index (κ1) is 20.3. The molecule has 0 amide bonds. The standard InChI is InChI=1S/C22H26FN5O2/c1-14(22(2,3)30)25-21-24-10-9-18(26-21)19-17(13-15-5-7-16(23)8-6-15)20(29)28-12-4-11-27(19)28/h5-10,14,30H,4,11-13H2,1-3H3,(H,24,25,26). The second-order valence-corrected chi connectivity index (χ2v) is 8.32. The highest BCUT2D eigenvalue weighted by Gasteiger charge is 2.26. The Morgan fingerprint density at radius 1 is 1.20 bits per heavy atom. The molecule has 0 bridgehead atoms. The van der Waals surface area contributed by atoms with Gasteiger partial charge in [0.05, 0.1) is 28.6 Å². The highest BCUT2D eigenvalue weighted by atomic mass is 19.1. The molecular weight excluding hydrogens is 385 g/mol. The third kappa shape index (κ3) is 3.87. The maximum Gasteiger partial charge on any atom is 0.270 e. The number of nitrogens with zero attached hydrogens (tertiary/aromatic N) is 4. The van der Waals surface area contributed by atoms with Gasteiger partial charge in [0, 0.05) is 25.7 Å². The molecule has 3 aromatic rings. The van der Waals surface area contributed by atoms with Crippen molar-refractivity contribution in [1.82, 2.24) is 19.3 Å². The molecule has 3 heterocycles. The van der Waals surface area contributed by atoms with Crippen LogP contribution in [-0.4, -0.2) is 36.1 Å². The van der Waals surface area contributed by atoms with Crippen LogP contribution in [-0.2, 0) is 19.5 Å². The Labute approximate surface area is 174 Å². The zero-order valence-electron chi connectivity index (χ0n) is 17.4. The van der Waals surface area contributed by atoms with Crippen molar-refractivity contribution in [1.29, 1.82) is 0 Å². The number of rotatable bonds is 6. The molecule has 8 heteroatoms. The zero-order chi connectivity index (χ0) is 21.5. The van der Waals surface area contributed by atoms with Gasteiger partial charge in [0.25, 0.3) is 5.56 Å². The monoisotopic (exact) mass is 411 g/mol. The van der Waals surface area contributed by atoms with Gasteiger partial charge < -0.3 is 10.4 Å². The van der Waals surface area contributed by atoms with E-state index in [-0.39, 0.29) is 17.4 Å². The summed E-state index contributed by atoms with van der Waals surface area (Å²) in [6.07, 6.45) is 2.94. The first-order valence-corrected chi connectivity index (χ1v) is 10.1. The number of hydrogen-bond acceptors (Lipinski definition) is 5. The molecule has 1 unspecified atom stereocenters. The molecule has 0 radical (unpaired) electrons. The summed E-state index contributed by atoms with van der Waals surface area (Å²) in [5.41, 5.74) is 1.93. The Hall–Kier alpha value is -3.00. The number of benzene rings is 1. The molecule has 0 saturated carbocycles. The van der Waals surface area contributed by atoms with E-state index in [0.717, 1.165) is 24.2 Å². The molecule has 0 aliphatic carbocycles. The van der Waals surface area contributed by atoms with Gasteiger partial charge in [-0.2, -0.15) is 0 Å². The Morgan fingerprint density at radius 3 is 2.60 bits per heavy atom. The van der Waals surface area contributed by atoms with Crippen molar-refractivity contribution in [2.24, 2.45) is 0 Å². The number of anilines is 1. The predicted octanol–water partition coefficient (Wildman–Crippen LogP) is 2.81. The normalized spacial score (nSPS) is 14.6. The second kappa shape index (κ2) is 7.68. The topological polar surface area (TPSA) is 85.0 Å². The van der Waals surface area contributed by atoms with E-state index < -0.39 is 5.60 Å². The fourth-order valence-corrected chi connectivity index (χ4v) is 3.65. The van der Waals surface area contributed by atoms with E-state index in [1.807, 2.05) is 11.6 Å². The predicted molar refractivity (Wildman–Crippen MR) is 113 cm³/mol. The van der Waals surface area contributed by atoms with Gasteiger partial charge in [-0.25, -0.2) is 19.0 Å². The van der Waals surface area contributed by atoms with E-state index in [9.17, 15) is 14.3 Å². The summed E-state index contributed by atoms with van der Waals surface area (Å²) in [7, 11) is 0. The zero-order valence-corrected chi connectivity index (χ0v) is 17.4. The van der Waals surface area contributed by atoms with Gasteiger partial charge in [-0.1, -0.05) is 12.1 Å². The number of nitrogens with one attached hydrogen (secondary N) is 1. The maximum atomic E-state index is 13.3. The summed E-state index contributed by atoms with van der Waals surface area (Å²) < 4.78 is 17.0. The van der Waals surface area contributed by atoms with Crippen molar-refractivity contribution in [3.63, 3.8) is 0 Å². The van der Waals surface area contributed by atoms with Crippen molar-refractivity contribution in [2.45, 2.75) is 58.3 Å². The van der Waals surface area contributed by atoms with Gasteiger partial charge in [-0.05, 0) is 51.0 Å². The van der Waals surface area contributed by atoms with Gasteiger partial charge in [-0.15, -0.1) is 0 Å². The van der Waals surface area contributed by atoms with Crippen molar-refractivity contribution >= 4 is 5.95 Å². The molecule has 158 valence electrons. The maximum absolute atomic E-state index is 13.3.